The zero-order valence-corrected chi connectivity index (χ0v) is 6.56. The average molecular weight is 158 g/mol. The lowest BCUT2D eigenvalue weighted by Gasteiger charge is -1.95. The molecule has 0 aromatic heterocycles. The molecule has 1 saturated heterocycles. The Kier molecular flexibility index (Phi) is 2.61. The largest absolute Gasteiger partial charge is 0.384 e. The van der Waals surface area contributed by atoms with Crippen molar-refractivity contribution in [2.45, 2.75) is 23.5 Å². The van der Waals surface area contributed by atoms with Crippen molar-refractivity contribution in [3.63, 3.8) is 0 Å². The van der Waals surface area contributed by atoms with Gasteiger partial charge in [0, 0.05) is 5.25 Å². The summed E-state index contributed by atoms with van der Waals surface area (Å²) in [5.41, 5.74) is 0. The fourth-order valence-corrected chi connectivity index (χ4v) is 1.54. The first kappa shape index (κ1) is 7.93. The van der Waals surface area contributed by atoms with Crippen LogP contribution in [-0.2, 0) is 0 Å². The first-order chi connectivity index (χ1) is 4.75. The lowest BCUT2D eigenvalue weighted by Crippen LogP contribution is -2.12. The highest BCUT2D eigenvalue weighted by Crippen LogP contribution is 2.42. The van der Waals surface area contributed by atoms with Gasteiger partial charge in [-0.1, -0.05) is 18.8 Å². The van der Waals surface area contributed by atoms with Crippen LogP contribution >= 0.6 is 11.8 Å². The van der Waals surface area contributed by atoms with Gasteiger partial charge in [0.2, 0.25) is 0 Å². The van der Waals surface area contributed by atoms with Crippen molar-refractivity contribution < 1.29 is 10.2 Å². The van der Waals surface area contributed by atoms with Gasteiger partial charge in [-0.3, -0.25) is 0 Å². The Hall–Kier alpha value is -0.170. The molecule has 0 bridgehead atoms. The highest BCUT2D eigenvalue weighted by molar-refractivity contribution is 8.07. The van der Waals surface area contributed by atoms with Crippen LogP contribution in [0.1, 0.15) is 6.92 Å². The molecule has 0 spiro atoms. The van der Waals surface area contributed by atoms with Crippen molar-refractivity contribution in [2.75, 3.05) is 6.61 Å². The first-order valence-electron chi connectivity index (χ1n) is 3.18. The van der Waals surface area contributed by atoms with E-state index >= 15 is 0 Å². The minimum Gasteiger partial charge on any atom is -0.384 e. The van der Waals surface area contributed by atoms with Crippen LogP contribution in [-0.4, -0.2) is 33.4 Å². The van der Waals surface area contributed by atoms with Crippen LogP contribution in [0, 0.1) is 11.8 Å². The van der Waals surface area contributed by atoms with E-state index in [-0.39, 0.29) is 11.9 Å². The Morgan fingerprint density at radius 2 is 2.30 bits per heavy atom. The van der Waals surface area contributed by atoms with Crippen LogP contribution in [0.3, 0.4) is 0 Å². The van der Waals surface area contributed by atoms with E-state index in [2.05, 4.69) is 18.8 Å². The summed E-state index contributed by atoms with van der Waals surface area (Å²) >= 11 is 1.72. The van der Waals surface area contributed by atoms with E-state index in [0.717, 1.165) is 0 Å². The Morgan fingerprint density at radius 1 is 1.70 bits per heavy atom. The summed E-state index contributed by atoms with van der Waals surface area (Å²) in [6, 6.07) is 0. The van der Waals surface area contributed by atoms with Crippen molar-refractivity contribution >= 4 is 11.8 Å². The van der Waals surface area contributed by atoms with Gasteiger partial charge in [0.05, 0.1) is 5.25 Å². The monoisotopic (exact) mass is 158 g/mol. The average Bonchev–Trinajstić information content (AvgIpc) is 2.62. The summed E-state index contributed by atoms with van der Waals surface area (Å²) in [6.07, 6.45) is -0.549. The molecule has 1 fully saturated rings. The third-order valence-corrected chi connectivity index (χ3v) is 2.79. The quantitative estimate of drug-likeness (QED) is 0.412. The second-order valence-electron chi connectivity index (χ2n) is 2.23. The number of aliphatic hydroxyl groups is 2. The molecular weight excluding hydrogens is 148 g/mol. The second kappa shape index (κ2) is 3.29. The van der Waals surface area contributed by atoms with Gasteiger partial charge in [0.1, 0.15) is 12.7 Å². The molecule has 2 N–H and O–H groups in total. The van der Waals surface area contributed by atoms with Crippen LogP contribution < -0.4 is 0 Å². The molecule has 2 nitrogen and oxygen atoms in total. The molecular formula is C7H10O2S. The van der Waals surface area contributed by atoms with Gasteiger partial charge in [-0.05, 0) is 0 Å². The number of hydrogen-bond acceptors (Lipinski definition) is 3. The molecule has 0 saturated carbocycles. The van der Waals surface area contributed by atoms with Crippen LogP contribution in [0.2, 0.25) is 0 Å². The molecule has 10 heavy (non-hydrogen) atoms. The lowest BCUT2D eigenvalue weighted by atomic mass is 10.2. The van der Waals surface area contributed by atoms with Crippen LogP contribution in [0.4, 0.5) is 0 Å². The summed E-state index contributed by atoms with van der Waals surface area (Å²) in [5, 5.41) is 18.3. The number of hydrogen-bond donors (Lipinski definition) is 2. The van der Waals surface area contributed by atoms with E-state index in [1.165, 1.54) is 0 Å². The van der Waals surface area contributed by atoms with Gasteiger partial charge in [0.15, 0.2) is 0 Å². The predicted molar refractivity (Wildman–Crippen MR) is 41.7 cm³/mol. The Morgan fingerprint density at radius 3 is 2.70 bits per heavy atom. The third-order valence-electron chi connectivity index (χ3n) is 1.40. The SMILES string of the molecule is CC1SC1C(O)C#CCO. The molecule has 0 radical (unpaired) electrons. The minimum atomic E-state index is -0.549. The van der Waals surface area contributed by atoms with Gasteiger partial charge in [-0.25, -0.2) is 0 Å². The van der Waals surface area contributed by atoms with Crippen LogP contribution in [0.5, 0.6) is 0 Å². The highest BCUT2D eigenvalue weighted by atomic mass is 32.2. The molecule has 1 aliphatic heterocycles. The fraction of sp³-hybridized carbons (Fsp3) is 0.714. The van der Waals surface area contributed by atoms with Gasteiger partial charge >= 0.3 is 0 Å². The molecule has 3 heteroatoms. The van der Waals surface area contributed by atoms with Crippen molar-refractivity contribution in [3.05, 3.63) is 0 Å². The van der Waals surface area contributed by atoms with E-state index in [4.69, 9.17) is 5.11 Å². The molecule has 1 heterocycles. The van der Waals surface area contributed by atoms with Crippen molar-refractivity contribution in [1.29, 1.82) is 0 Å². The van der Waals surface area contributed by atoms with Crippen molar-refractivity contribution in [3.8, 4) is 11.8 Å². The maximum Gasteiger partial charge on any atom is 0.127 e. The van der Waals surface area contributed by atoms with Crippen molar-refractivity contribution in [1.82, 2.24) is 0 Å². The fourth-order valence-electron chi connectivity index (χ4n) is 0.766. The van der Waals surface area contributed by atoms with Gasteiger partial charge in [-0.2, -0.15) is 0 Å². The molecule has 0 aromatic carbocycles. The third kappa shape index (κ3) is 1.91. The topological polar surface area (TPSA) is 40.5 Å². The molecule has 1 rings (SSSR count). The summed E-state index contributed by atoms with van der Waals surface area (Å²) in [4.78, 5) is 0. The van der Waals surface area contributed by atoms with Crippen LogP contribution in [0.15, 0.2) is 0 Å². The zero-order chi connectivity index (χ0) is 7.56. The van der Waals surface area contributed by atoms with E-state index in [0.29, 0.717) is 5.25 Å². The van der Waals surface area contributed by atoms with Gasteiger partial charge in [0.25, 0.3) is 0 Å². The first-order valence-corrected chi connectivity index (χ1v) is 4.12. The number of rotatable bonds is 1. The molecule has 56 valence electrons. The minimum absolute atomic E-state index is 0.164. The standard InChI is InChI=1S/C7H10O2S/c1-5-7(10-5)6(9)3-2-4-8/h5-9H,4H2,1H3. The highest BCUT2D eigenvalue weighted by Gasteiger charge is 2.39. The summed E-state index contributed by atoms with van der Waals surface area (Å²) in [5.74, 6) is 4.99. The van der Waals surface area contributed by atoms with E-state index in [1.54, 1.807) is 11.8 Å². The second-order valence-corrected chi connectivity index (χ2v) is 3.79. The Labute approximate surface area is 64.6 Å². The molecule has 3 atom stereocenters. The molecule has 1 aliphatic rings. The summed E-state index contributed by atoms with van der Waals surface area (Å²) in [6.45, 7) is 1.89. The summed E-state index contributed by atoms with van der Waals surface area (Å²) < 4.78 is 0. The predicted octanol–water partition coefficient (Wildman–Crippen LogP) is -0.153. The lowest BCUT2D eigenvalue weighted by molar-refractivity contribution is 0.237. The number of thioether (sulfide) groups is 1. The smallest absolute Gasteiger partial charge is 0.127 e. The van der Waals surface area contributed by atoms with Crippen molar-refractivity contribution in [2.24, 2.45) is 0 Å². The Bertz CT molecular complexity index is 170. The zero-order valence-electron chi connectivity index (χ0n) is 5.74. The van der Waals surface area contributed by atoms with E-state index < -0.39 is 6.10 Å². The van der Waals surface area contributed by atoms with E-state index in [9.17, 15) is 5.11 Å². The van der Waals surface area contributed by atoms with E-state index in [1.807, 2.05) is 0 Å². The Balaban J connectivity index is 2.28. The number of aliphatic hydroxyl groups excluding tert-OH is 2. The maximum absolute atomic E-state index is 9.18. The maximum atomic E-state index is 9.18. The molecule has 0 aromatic rings. The van der Waals surface area contributed by atoms with Gasteiger partial charge in [-0.15, -0.1) is 11.8 Å². The molecule has 0 amide bonds. The normalized spacial score (nSPS) is 32.3. The molecule has 0 aliphatic carbocycles. The molecule has 3 unspecified atom stereocenters. The summed E-state index contributed by atoms with van der Waals surface area (Å²) in [7, 11) is 0. The van der Waals surface area contributed by atoms with Gasteiger partial charge < -0.3 is 10.2 Å². The van der Waals surface area contributed by atoms with Crippen LogP contribution in [0.25, 0.3) is 0 Å².